The van der Waals surface area contributed by atoms with Gasteiger partial charge in [0.25, 0.3) is 5.56 Å². The number of imidazole rings is 1. The first-order valence-electron chi connectivity index (χ1n) is 17.4. The van der Waals surface area contributed by atoms with E-state index in [2.05, 4.69) is 112 Å². The molecule has 0 radical (unpaired) electrons. The SMILES string of the molecule is CC(=O)c1ccc(-c2nc3c(ncn3[C@@H]3O[C@H](CO[Si](C)(C)C(C)(C)C)[C@@H](O[Si](C)(C)C(C)(C)C)[C@H]3O[Si](C)(C)C(C)(C)C)c(=O)[nH]2)cc1. The number of hydrogen-bond donors (Lipinski definition) is 1. The summed E-state index contributed by atoms with van der Waals surface area (Å²) in [6.07, 6.45) is -0.421. The predicted molar refractivity (Wildman–Crippen MR) is 205 cm³/mol. The Hall–Kier alpha value is -2.27. The van der Waals surface area contributed by atoms with Gasteiger partial charge in [0, 0.05) is 11.1 Å². The number of aromatic amines is 1. The maximum atomic E-state index is 13.4. The highest BCUT2D eigenvalue weighted by Gasteiger charge is 2.55. The molecular formula is C36H60N4O6Si3. The number of carbonyl (C=O) groups is 1. The van der Waals surface area contributed by atoms with E-state index in [1.54, 1.807) is 30.6 Å². The van der Waals surface area contributed by atoms with Crippen molar-refractivity contribution in [2.75, 3.05) is 6.61 Å². The van der Waals surface area contributed by atoms with Crippen LogP contribution >= 0.6 is 0 Å². The number of nitrogens with zero attached hydrogens (tertiary/aromatic N) is 3. The maximum Gasteiger partial charge on any atom is 0.279 e. The number of aromatic nitrogens is 4. The van der Waals surface area contributed by atoms with E-state index in [0.29, 0.717) is 29.2 Å². The average molecular weight is 729 g/mol. The van der Waals surface area contributed by atoms with Crippen molar-refractivity contribution in [1.29, 1.82) is 0 Å². The van der Waals surface area contributed by atoms with E-state index in [1.807, 2.05) is 4.57 Å². The first-order chi connectivity index (χ1) is 22.2. The summed E-state index contributed by atoms with van der Waals surface area (Å²) in [6.45, 7) is 35.5. The van der Waals surface area contributed by atoms with Crippen LogP contribution in [0.1, 0.15) is 85.8 Å². The third-order valence-electron chi connectivity index (χ3n) is 11.4. The van der Waals surface area contributed by atoms with Crippen molar-refractivity contribution in [2.24, 2.45) is 0 Å². The molecule has 1 aliphatic heterocycles. The number of benzene rings is 1. The Morgan fingerprint density at radius 3 is 1.84 bits per heavy atom. The van der Waals surface area contributed by atoms with Gasteiger partial charge in [-0.2, -0.15) is 0 Å². The monoisotopic (exact) mass is 728 g/mol. The van der Waals surface area contributed by atoms with Gasteiger partial charge in [0.2, 0.25) is 0 Å². The number of carbonyl (C=O) groups excluding carboxylic acids is 1. The highest BCUT2D eigenvalue weighted by atomic mass is 28.4. The minimum atomic E-state index is -2.39. The summed E-state index contributed by atoms with van der Waals surface area (Å²) in [5.74, 6) is 0.343. The van der Waals surface area contributed by atoms with Gasteiger partial charge in [0.1, 0.15) is 24.1 Å². The number of nitrogens with one attached hydrogen (secondary N) is 1. The van der Waals surface area contributed by atoms with Crippen LogP contribution in [0.15, 0.2) is 35.4 Å². The zero-order valence-corrected chi connectivity index (χ0v) is 35.7. The van der Waals surface area contributed by atoms with Crippen molar-refractivity contribution in [1.82, 2.24) is 19.5 Å². The Morgan fingerprint density at radius 1 is 0.837 bits per heavy atom. The zero-order chi connectivity index (χ0) is 37.1. The summed E-state index contributed by atoms with van der Waals surface area (Å²) in [5, 5.41) is -0.121. The lowest BCUT2D eigenvalue weighted by Crippen LogP contribution is -2.54. The molecule has 0 amide bonds. The molecule has 49 heavy (non-hydrogen) atoms. The molecule has 1 N–H and O–H groups in total. The van der Waals surface area contributed by atoms with Gasteiger partial charge < -0.3 is 23.0 Å². The van der Waals surface area contributed by atoms with Crippen LogP contribution in [0, 0.1) is 0 Å². The minimum Gasteiger partial charge on any atom is -0.414 e. The van der Waals surface area contributed by atoms with Crippen LogP contribution in [0.25, 0.3) is 22.6 Å². The quantitative estimate of drug-likeness (QED) is 0.163. The van der Waals surface area contributed by atoms with Gasteiger partial charge in [-0.1, -0.05) is 86.6 Å². The second-order valence-electron chi connectivity index (χ2n) is 18.2. The topological polar surface area (TPSA) is 118 Å². The molecule has 1 saturated heterocycles. The fourth-order valence-electron chi connectivity index (χ4n) is 4.99. The first-order valence-corrected chi connectivity index (χ1v) is 26.1. The summed E-state index contributed by atoms with van der Waals surface area (Å²) in [6, 6.07) is 7.04. The molecule has 272 valence electrons. The van der Waals surface area contributed by atoms with E-state index in [4.69, 9.17) is 23.0 Å². The number of fused-ring (bicyclic) bond motifs is 1. The van der Waals surface area contributed by atoms with Crippen molar-refractivity contribution in [3.8, 4) is 11.4 Å². The number of hydrogen-bond acceptors (Lipinski definition) is 8. The van der Waals surface area contributed by atoms with Crippen molar-refractivity contribution in [3.05, 3.63) is 46.5 Å². The Morgan fingerprint density at radius 2 is 1.35 bits per heavy atom. The van der Waals surface area contributed by atoms with Crippen molar-refractivity contribution >= 4 is 41.9 Å². The number of rotatable bonds is 10. The summed E-state index contributed by atoms with van der Waals surface area (Å²) in [4.78, 5) is 37.6. The smallest absolute Gasteiger partial charge is 0.279 e. The summed E-state index contributed by atoms with van der Waals surface area (Å²) < 4.78 is 30.3. The van der Waals surface area contributed by atoms with Crippen molar-refractivity contribution < 1.29 is 22.8 Å². The van der Waals surface area contributed by atoms with Crippen LogP contribution in [0.4, 0.5) is 0 Å². The summed E-state index contributed by atoms with van der Waals surface area (Å²) >= 11 is 0. The number of Topliss-reactive ketones (excluding diaryl/α,β-unsaturated/α-hetero) is 1. The number of ether oxygens (including phenoxy) is 1. The summed E-state index contributed by atoms with van der Waals surface area (Å²) in [7, 11) is -6.87. The van der Waals surface area contributed by atoms with Crippen LogP contribution < -0.4 is 5.56 Å². The third kappa shape index (κ3) is 8.13. The normalized spacial score (nSPS) is 21.5. The second-order valence-corrected chi connectivity index (χ2v) is 32.5. The maximum absolute atomic E-state index is 13.4. The molecular weight excluding hydrogens is 669 g/mol. The first kappa shape index (κ1) is 39.5. The fraction of sp³-hybridized carbons (Fsp3) is 0.667. The van der Waals surface area contributed by atoms with Gasteiger partial charge in [-0.3, -0.25) is 14.2 Å². The van der Waals surface area contributed by atoms with E-state index in [1.165, 1.54) is 6.92 Å². The molecule has 1 fully saturated rings. The van der Waals surface area contributed by atoms with E-state index < -0.39 is 49.5 Å². The zero-order valence-electron chi connectivity index (χ0n) is 32.7. The van der Waals surface area contributed by atoms with Crippen LogP contribution in [0.5, 0.6) is 0 Å². The molecule has 2 aromatic heterocycles. The largest absolute Gasteiger partial charge is 0.414 e. The van der Waals surface area contributed by atoms with Gasteiger partial charge in [0.05, 0.1) is 12.9 Å². The molecule has 10 nitrogen and oxygen atoms in total. The van der Waals surface area contributed by atoms with E-state index in [0.717, 1.165) is 0 Å². The highest BCUT2D eigenvalue weighted by molar-refractivity contribution is 6.75. The van der Waals surface area contributed by atoms with E-state index in [-0.39, 0.29) is 32.0 Å². The molecule has 0 saturated carbocycles. The Balaban J connectivity index is 1.89. The van der Waals surface area contributed by atoms with Crippen LogP contribution in [0.3, 0.4) is 0 Å². The Labute approximate surface area is 296 Å². The highest BCUT2D eigenvalue weighted by Crippen LogP contribution is 2.47. The van der Waals surface area contributed by atoms with Gasteiger partial charge in [-0.15, -0.1) is 0 Å². The molecule has 0 unspecified atom stereocenters. The molecule has 3 heterocycles. The van der Waals surface area contributed by atoms with Crippen molar-refractivity contribution in [2.45, 2.75) is 148 Å². The van der Waals surface area contributed by atoms with E-state index in [9.17, 15) is 9.59 Å². The van der Waals surface area contributed by atoms with Crippen LogP contribution in [-0.4, -0.2) is 75.2 Å². The molecule has 0 bridgehead atoms. The molecule has 13 heteroatoms. The second kappa shape index (κ2) is 13.4. The van der Waals surface area contributed by atoms with Gasteiger partial charge in [-0.25, -0.2) is 9.97 Å². The molecule has 1 aliphatic rings. The fourth-order valence-corrected chi connectivity index (χ4v) is 8.61. The lowest BCUT2D eigenvalue weighted by atomic mass is 10.1. The van der Waals surface area contributed by atoms with Crippen LogP contribution in [0.2, 0.25) is 54.4 Å². The van der Waals surface area contributed by atoms with Gasteiger partial charge >= 0.3 is 0 Å². The third-order valence-corrected chi connectivity index (χ3v) is 24.9. The minimum absolute atomic E-state index is 0.0162. The van der Waals surface area contributed by atoms with E-state index >= 15 is 0 Å². The number of ketones is 1. The molecule has 4 rings (SSSR count). The Kier molecular flexibility index (Phi) is 10.8. The molecule has 3 aromatic rings. The average Bonchev–Trinajstić information content (AvgIpc) is 3.51. The number of H-pyrrole nitrogens is 1. The predicted octanol–water partition coefficient (Wildman–Crippen LogP) is 8.69. The molecule has 4 atom stereocenters. The molecule has 1 aromatic carbocycles. The molecule has 0 aliphatic carbocycles. The van der Waals surface area contributed by atoms with Crippen LogP contribution in [-0.2, 0) is 18.0 Å². The lowest BCUT2D eigenvalue weighted by Gasteiger charge is -2.44. The lowest BCUT2D eigenvalue weighted by molar-refractivity contribution is -0.0470. The summed E-state index contributed by atoms with van der Waals surface area (Å²) in [5.41, 5.74) is 1.50. The van der Waals surface area contributed by atoms with Gasteiger partial charge in [-0.05, 0) is 61.3 Å². The molecule has 0 spiro atoms. The standard InChI is InChI=1S/C36H60N4O6Si3/c1-23(41)24-17-19-25(20-18-24)30-38-31-27(32(42)39-30)37-22-40(31)33-29(46-49(15,16)36(8,9)10)28(45-48(13,14)35(5,6)7)26(44-33)21-43-47(11,12)34(2,3)4/h17-20,22,26,28-29,33H,21H2,1-16H3,(H,38,39,42)/t26-,28-,29-,33-/m1/s1. The van der Waals surface area contributed by atoms with Crippen molar-refractivity contribution in [3.63, 3.8) is 0 Å². The van der Waals surface area contributed by atoms with Gasteiger partial charge in [0.15, 0.2) is 48.1 Å². The Bertz CT molecular complexity index is 1710.